The summed E-state index contributed by atoms with van der Waals surface area (Å²) in [5, 5.41) is 3.59. The van der Waals surface area contributed by atoms with E-state index in [1.165, 1.54) is 12.8 Å². The second-order valence-electron chi connectivity index (χ2n) is 4.92. The number of ether oxygens (including phenoxy) is 1. The van der Waals surface area contributed by atoms with Crippen LogP contribution in [0.2, 0.25) is 0 Å². The van der Waals surface area contributed by atoms with Crippen molar-refractivity contribution in [2.45, 2.75) is 38.6 Å². The zero-order valence-corrected chi connectivity index (χ0v) is 10.7. The molecule has 1 unspecified atom stereocenters. The molecule has 0 bridgehead atoms. The monoisotopic (exact) mass is 226 g/mol. The molecule has 3 N–H and O–H groups in total. The molecular formula is C13H26N2O. The van der Waals surface area contributed by atoms with Crippen molar-refractivity contribution in [3.05, 3.63) is 12.2 Å². The van der Waals surface area contributed by atoms with Crippen molar-refractivity contribution in [1.82, 2.24) is 5.32 Å². The molecule has 3 nitrogen and oxygen atoms in total. The van der Waals surface area contributed by atoms with Gasteiger partial charge in [0.15, 0.2) is 0 Å². The summed E-state index contributed by atoms with van der Waals surface area (Å²) in [6.45, 7) is 11.0. The lowest BCUT2D eigenvalue weighted by Crippen LogP contribution is -2.53. The fraction of sp³-hybridized carbons (Fsp3) is 0.846. The van der Waals surface area contributed by atoms with Crippen LogP contribution < -0.4 is 11.1 Å². The van der Waals surface area contributed by atoms with Gasteiger partial charge in [-0.25, -0.2) is 0 Å². The van der Waals surface area contributed by atoms with Crippen molar-refractivity contribution < 1.29 is 4.74 Å². The molecule has 1 atom stereocenters. The van der Waals surface area contributed by atoms with Crippen molar-refractivity contribution >= 4 is 0 Å². The van der Waals surface area contributed by atoms with E-state index in [-0.39, 0.29) is 5.54 Å². The number of hydrogen-bond acceptors (Lipinski definition) is 3. The van der Waals surface area contributed by atoms with Crippen LogP contribution in [0.3, 0.4) is 0 Å². The van der Waals surface area contributed by atoms with Gasteiger partial charge in [-0.05, 0) is 32.1 Å². The zero-order valence-electron chi connectivity index (χ0n) is 10.7. The van der Waals surface area contributed by atoms with Gasteiger partial charge in [0.1, 0.15) is 0 Å². The molecule has 3 heteroatoms. The van der Waals surface area contributed by atoms with E-state index in [4.69, 9.17) is 10.5 Å². The van der Waals surface area contributed by atoms with Crippen molar-refractivity contribution in [1.29, 1.82) is 0 Å². The summed E-state index contributed by atoms with van der Waals surface area (Å²) in [7, 11) is 0. The summed E-state index contributed by atoms with van der Waals surface area (Å²) < 4.78 is 5.48. The van der Waals surface area contributed by atoms with Gasteiger partial charge in [-0.1, -0.05) is 19.1 Å². The van der Waals surface area contributed by atoms with E-state index in [9.17, 15) is 0 Å². The van der Waals surface area contributed by atoms with E-state index in [0.29, 0.717) is 6.61 Å². The first kappa shape index (κ1) is 13.7. The standard InChI is InChI=1S/C13H26N2O/c1-4-13(10-14,12-5-6-12)15-7-8-16-9-11(2)3/h12,15H,2,4-10,14H2,1,3H3. The number of rotatable bonds is 9. The molecule has 0 saturated heterocycles. The van der Waals surface area contributed by atoms with Crippen LogP contribution in [0, 0.1) is 5.92 Å². The molecule has 16 heavy (non-hydrogen) atoms. The van der Waals surface area contributed by atoms with Gasteiger partial charge in [-0.3, -0.25) is 0 Å². The summed E-state index contributed by atoms with van der Waals surface area (Å²) >= 11 is 0. The van der Waals surface area contributed by atoms with Gasteiger partial charge in [0.2, 0.25) is 0 Å². The molecule has 0 radical (unpaired) electrons. The molecule has 0 amide bonds. The number of hydrogen-bond donors (Lipinski definition) is 2. The fourth-order valence-electron chi connectivity index (χ4n) is 2.20. The smallest absolute Gasteiger partial charge is 0.0672 e. The summed E-state index contributed by atoms with van der Waals surface area (Å²) in [5.41, 5.74) is 7.14. The Hall–Kier alpha value is -0.380. The molecule has 1 aliphatic carbocycles. The van der Waals surface area contributed by atoms with E-state index >= 15 is 0 Å². The van der Waals surface area contributed by atoms with E-state index < -0.39 is 0 Å². The van der Waals surface area contributed by atoms with Crippen molar-refractivity contribution in [3.63, 3.8) is 0 Å². The van der Waals surface area contributed by atoms with Gasteiger partial charge in [0.25, 0.3) is 0 Å². The maximum atomic E-state index is 5.90. The summed E-state index contributed by atoms with van der Waals surface area (Å²) in [6.07, 6.45) is 3.75. The van der Waals surface area contributed by atoms with Gasteiger partial charge in [-0.2, -0.15) is 0 Å². The Kier molecular flexibility index (Phi) is 5.46. The highest BCUT2D eigenvalue weighted by Crippen LogP contribution is 2.40. The molecule has 0 aliphatic heterocycles. The second-order valence-corrected chi connectivity index (χ2v) is 4.92. The third-order valence-electron chi connectivity index (χ3n) is 3.43. The topological polar surface area (TPSA) is 47.3 Å². The quantitative estimate of drug-likeness (QED) is 0.464. The van der Waals surface area contributed by atoms with Gasteiger partial charge < -0.3 is 15.8 Å². The van der Waals surface area contributed by atoms with Crippen LogP contribution in [0.15, 0.2) is 12.2 Å². The Balaban J connectivity index is 2.20. The Bertz CT molecular complexity index is 220. The SMILES string of the molecule is C=C(C)COCCNC(CC)(CN)C1CC1. The van der Waals surface area contributed by atoms with Crippen LogP contribution in [0.25, 0.3) is 0 Å². The average molecular weight is 226 g/mol. The highest BCUT2D eigenvalue weighted by Gasteiger charge is 2.42. The van der Waals surface area contributed by atoms with Crippen LogP contribution in [0.5, 0.6) is 0 Å². The molecule has 0 aromatic rings. The second kappa shape index (κ2) is 6.38. The molecule has 94 valence electrons. The Morgan fingerprint density at radius 1 is 1.56 bits per heavy atom. The molecule has 1 fully saturated rings. The Labute approximate surface area is 99.4 Å². The first-order valence-corrected chi connectivity index (χ1v) is 6.32. The van der Waals surface area contributed by atoms with E-state index in [1.54, 1.807) is 0 Å². The van der Waals surface area contributed by atoms with Crippen LogP contribution in [-0.4, -0.2) is 31.8 Å². The van der Waals surface area contributed by atoms with Crippen molar-refractivity contribution in [3.8, 4) is 0 Å². The van der Waals surface area contributed by atoms with Gasteiger partial charge in [0, 0.05) is 18.6 Å². The minimum atomic E-state index is 0.159. The predicted octanol–water partition coefficient (Wildman–Crippen LogP) is 1.69. The summed E-state index contributed by atoms with van der Waals surface area (Å²) in [6, 6.07) is 0. The lowest BCUT2D eigenvalue weighted by atomic mass is 9.90. The largest absolute Gasteiger partial charge is 0.376 e. The molecule has 0 heterocycles. The third-order valence-corrected chi connectivity index (χ3v) is 3.43. The molecule has 1 rings (SSSR count). The highest BCUT2D eigenvalue weighted by atomic mass is 16.5. The summed E-state index contributed by atoms with van der Waals surface area (Å²) in [4.78, 5) is 0. The lowest BCUT2D eigenvalue weighted by molar-refractivity contribution is 0.143. The fourth-order valence-corrected chi connectivity index (χ4v) is 2.20. The molecular weight excluding hydrogens is 200 g/mol. The molecule has 0 aromatic heterocycles. The number of nitrogens with two attached hydrogens (primary N) is 1. The van der Waals surface area contributed by atoms with Gasteiger partial charge in [-0.15, -0.1) is 0 Å². The lowest BCUT2D eigenvalue weighted by Gasteiger charge is -2.33. The van der Waals surface area contributed by atoms with E-state index in [1.807, 2.05) is 6.92 Å². The van der Waals surface area contributed by atoms with E-state index in [0.717, 1.165) is 37.6 Å². The van der Waals surface area contributed by atoms with Crippen molar-refractivity contribution in [2.24, 2.45) is 11.7 Å². The summed E-state index contributed by atoms with van der Waals surface area (Å²) in [5.74, 6) is 0.781. The van der Waals surface area contributed by atoms with Crippen LogP contribution in [0.4, 0.5) is 0 Å². The maximum Gasteiger partial charge on any atom is 0.0672 e. The van der Waals surface area contributed by atoms with Gasteiger partial charge >= 0.3 is 0 Å². The minimum absolute atomic E-state index is 0.159. The van der Waals surface area contributed by atoms with Gasteiger partial charge in [0.05, 0.1) is 13.2 Å². The average Bonchev–Trinajstić information content (AvgIpc) is 3.08. The minimum Gasteiger partial charge on any atom is -0.376 e. The molecule has 1 saturated carbocycles. The molecule has 0 aromatic carbocycles. The molecule has 1 aliphatic rings. The zero-order chi connectivity index (χ0) is 12.0. The Morgan fingerprint density at radius 2 is 2.25 bits per heavy atom. The molecule has 0 spiro atoms. The first-order valence-electron chi connectivity index (χ1n) is 6.32. The Morgan fingerprint density at radius 3 is 2.69 bits per heavy atom. The highest BCUT2D eigenvalue weighted by molar-refractivity contribution is 5.01. The number of nitrogens with one attached hydrogen (secondary N) is 1. The maximum absolute atomic E-state index is 5.90. The van der Waals surface area contributed by atoms with E-state index in [2.05, 4.69) is 18.8 Å². The van der Waals surface area contributed by atoms with Crippen LogP contribution >= 0.6 is 0 Å². The predicted molar refractivity (Wildman–Crippen MR) is 68.4 cm³/mol. The van der Waals surface area contributed by atoms with Crippen molar-refractivity contribution in [2.75, 3.05) is 26.3 Å². The van der Waals surface area contributed by atoms with Crippen LogP contribution in [0.1, 0.15) is 33.1 Å². The van der Waals surface area contributed by atoms with Crippen LogP contribution in [-0.2, 0) is 4.74 Å². The third kappa shape index (κ3) is 3.89. The first-order chi connectivity index (χ1) is 7.64. The normalized spacial score (nSPS) is 19.4.